The van der Waals surface area contributed by atoms with Gasteiger partial charge in [0.25, 0.3) is 0 Å². The Kier molecular flexibility index (Phi) is 6.29. The first-order valence-electron chi connectivity index (χ1n) is 6.78. The summed E-state index contributed by atoms with van der Waals surface area (Å²) < 4.78 is 16.5. The van der Waals surface area contributed by atoms with Crippen LogP contribution in [-0.2, 0) is 22.1 Å². The van der Waals surface area contributed by atoms with E-state index in [0.29, 0.717) is 6.61 Å². The van der Waals surface area contributed by atoms with Gasteiger partial charge >= 0.3 is 0 Å². The van der Waals surface area contributed by atoms with Crippen LogP contribution in [0.25, 0.3) is 0 Å². The van der Waals surface area contributed by atoms with Crippen molar-refractivity contribution in [1.82, 2.24) is 5.32 Å². The zero-order valence-corrected chi connectivity index (χ0v) is 13.3. The van der Waals surface area contributed by atoms with Gasteiger partial charge in [-0.3, -0.25) is 4.21 Å². The van der Waals surface area contributed by atoms with Gasteiger partial charge in [-0.1, -0.05) is 11.6 Å². The molecular weight excluding hydrogens is 296 g/mol. The number of rotatable bonds is 6. The molecule has 0 aliphatic carbocycles. The first kappa shape index (κ1) is 15.8. The molecule has 6 heteroatoms. The number of methoxy groups -OCH3 is 1. The molecule has 4 nitrogen and oxygen atoms in total. The van der Waals surface area contributed by atoms with E-state index in [0.717, 1.165) is 42.7 Å². The summed E-state index contributed by atoms with van der Waals surface area (Å²) in [7, 11) is 1.04. The van der Waals surface area contributed by atoms with Crippen LogP contribution < -0.4 is 10.2 Å². The predicted octanol–water partition coefficient (Wildman–Crippen LogP) is 1.64. The molecule has 112 valence electrons. The fourth-order valence-electron chi connectivity index (χ4n) is 2.28. The summed E-state index contributed by atoms with van der Waals surface area (Å²) in [6.07, 6.45) is 0. The summed E-state index contributed by atoms with van der Waals surface area (Å²) in [5.74, 6) is 1.50. The lowest BCUT2D eigenvalue weighted by atomic mass is 10.1. The van der Waals surface area contributed by atoms with Crippen LogP contribution in [0, 0.1) is 0 Å². The third-order valence-electron chi connectivity index (χ3n) is 3.36. The molecule has 0 aromatic heterocycles. The molecule has 1 heterocycles. The Labute approximate surface area is 127 Å². The maximum atomic E-state index is 11.5. The summed E-state index contributed by atoms with van der Waals surface area (Å²) in [5.41, 5.74) is 2.37. The van der Waals surface area contributed by atoms with E-state index in [1.165, 1.54) is 11.3 Å². The maximum absolute atomic E-state index is 11.5. The molecule has 0 atom stereocenters. The van der Waals surface area contributed by atoms with E-state index in [9.17, 15) is 4.21 Å². The standard InChI is InChI=1S/C14H21ClN2O2S/c1-19-7-4-16-11-12-10-13(15)2-3-14(12)17-5-8-20(18)9-6-17/h2-3,10,16H,4-9,11H2,1H3. The van der Waals surface area contributed by atoms with Crippen molar-refractivity contribution in [2.75, 3.05) is 49.8 Å². The highest BCUT2D eigenvalue weighted by Crippen LogP contribution is 2.25. The lowest BCUT2D eigenvalue weighted by molar-refractivity contribution is 0.199. The van der Waals surface area contributed by atoms with Gasteiger partial charge < -0.3 is 15.0 Å². The number of halogens is 1. The van der Waals surface area contributed by atoms with Crippen molar-refractivity contribution in [3.8, 4) is 0 Å². The zero-order valence-electron chi connectivity index (χ0n) is 11.7. The van der Waals surface area contributed by atoms with Crippen LogP contribution >= 0.6 is 11.6 Å². The van der Waals surface area contributed by atoms with Crippen molar-refractivity contribution < 1.29 is 8.95 Å². The molecule has 0 bridgehead atoms. The quantitative estimate of drug-likeness (QED) is 0.810. The number of hydrogen-bond acceptors (Lipinski definition) is 4. The molecule has 20 heavy (non-hydrogen) atoms. The monoisotopic (exact) mass is 316 g/mol. The molecule has 0 spiro atoms. The predicted molar refractivity (Wildman–Crippen MR) is 85.1 cm³/mol. The fraction of sp³-hybridized carbons (Fsp3) is 0.571. The molecule has 0 radical (unpaired) electrons. The summed E-state index contributed by atoms with van der Waals surface area (Å²) in [6.45, 7) is 3.96. The SMILES string of the molecule is COCCNCc1cc(Cl)ccc1N1CCS(=O)CC1. The fourth-order valence-corrected chi connectivity index (χ4v) is 3.53. The van der Waals surface area contributed by atoms with Gasteiger partial charge in [0.1, 0.15) is 0 Å². The largest absolute Gasteiger partial charge is 0.383 e. The Balaban J connectivity index is 2.05. The summed E-state index contributed by atoms with van der Waals surface area (Å²) in [6, 6.07) is 5.98. The van der Waals surface area contributed by atoms with Crippen LogP contribution in [0.15, 0.2) is 18.2 Å². The Morgan fingerprint density at radius 3 is 2.85 bits per heavy atom. The van der Waals surface area contributed by atoms with Crippen molar-refractivity contribution in [1.29, 1.82) is 0 Å². The number of nitrogens with one attached hydrogen (secondary N) is 1. The van der Waals surface area contributed by atoms with Gasteiger partial charge in [0.15, 0.2) is 0 Å². The molecule has 1 aromatic rings. The third kappa shape index (κ3) is 4.45. The number of ether oxygens (including phenoxy) is 1. The van der Waals surface area contributed by atoms with Crippen molar-refractivity contribution in [2.24, 2.45) is 0 Å². The molecule has 1 saturated heterocycles. The van der Waals surface area contributed by atoms with Gasteiger partial charge in [-0.15, -0.1) is 0 Å². The van der Waals surface area contributed by atoms with E-state index in [1.807, 2.05) is 12.1 Å². The van der Waals surface area contributed by atoms with E-state index in [4.69, 9.17) is 16.3 Å². The second kappa shape index (κ2) is 7.98. The van der Waals surface area contributed by atoms with Gasteiger partial charge in [0.2, 0.25) is 0 Å². The van der Waals surface area contributed by atoms with Gasteiger partial charge in [-0.25, -0.2) is 0 Å². The Morgan fingerprint density at radius 1 is 1.40 bits per heavy atom. The highest BCUT2D eigenvalue weighted by atomic mass is 35.5. The molecule has 1 aliphatic heterocycles. The van der Waals surface area contributed by atoms with Crippen molar-refractivity contribution in [3.05, 3.63) is 28.8 Å². The minimum atomic E-state index is -0.654. The Bertz CT molecular complexity index is 460. The molecular formula is C14H21ClN2O2S. The van der Waals surface area contributed by atoms with E-state index in [1.54, 1.807) is 7.11 Å². The van der Waals surface area contributed by atoms with Gasteiger partial charge in [-0.05, 0) is 23.8 Å². The molecule has 0 saturated carbocycles. The maximum Gasteiger partial charge on any atom is 0.0587 e. The zero-order chi connectivity index (χ0) is 14.4. The third-order valence-corrected chi connectivity index (χ3v) is 4.87. The minimum absolute atomic E-state index is 0.654. The average molecular weight is 317 g/mol. The second-order valence-corrected chi connectivity index (χ2v) is 6.91. The van der Waals surface area contributed by atoms with Crippen LogP contribution in [0.4, 0.5) is 5.69 Å². The average Bonchev–Trinajstić information content (AvgIpc) is 2.45. The molecule has 0 amide bonds. The lowest BCUT2D eigenvalue weighted by Crippen LogP contribution is -2.38. The molecule has 0 unspecified atom stereocenters. The van der Waals surface area contributed by atoms with Crippen LogP contribution in [0.3, 0.4) is 0 Å². The highest BCUT2D eigenvalue weighted by molar-refractivity contribution is 7.85. The van der Waals surface area contributed by atoms with Crippen molar-refractivity contribution >= 4 is 28.1 Å². The van der Waals surface area contributed by atoms with Crippen LogP contribution in [0.1, 0.15) is 5.56 Å². The molecule has 2 rings (SSSR count). The van der Waals surface area contributed by atoms with E-state index in [-0.39, 0.29) is 0 Å². The summed E-state index contributed by atoms with van der Waals surface area (Å²) in [5, 5.41) is 4.10. The van der Waals surface area contributed by atoms with Crippen LogP contribution in [-0.4, -0.2) is 49.1 Å². The smallest absolute Gasteiger partial charge is 0.0587 e. The Hall–Kier alpha value is -0.620. The van der Waals surface area contributed by atoms with E-state index >= 15 is 0 Å². The van der Waals surface area contributed by atoms with E-state index < -0.39 is 10.8 Å². The first-order valence-corrected chi connectivity index (χ1v) is 8.65. The second-order valence-electron chi connectivity index (χ2n) is 4.78. The Morgan fingerprint density at radius 2 is 2.15 bits per heavy atom. The lowest BCUT2D eigenvalue weighted by Gasteiger charge is -2.30. The van der Waals surface area contributed by atoms with Crippen LogP contribution in [0.5, 0.6) is 0 Å². The number of benzene rings is 1. The molecule has 1 aliphatic rings. The van der Waals surface area contributed by atoms with Gasteiger partial charge in [0, 0.05) is 66.3 Å². The van der Waals surface area contributed by atoms with Crippen LogP contribution in [0.2, 0.25) is 5.02 Å². The highest BCUT2D eigenvalue weighted by Gasteiger charge is 2.18. The van der Waals surface area contributed by atoms with Crippen molar-refractivity contribution in [3.63, 3.8) is 0 Å². The van der Waals surface area contributed by atoms with Crippen molar-refractivity contribution in [2.45, 2.75) is 6.54 Å². The first-order chi connectivity index (χ1) is 9.70. The minimum Gasteiger partial charge on any atom is -0.383 e. The summed E-state index contributed by atoms with van der Waals surface area (Å²) >= 11 is 6.10. The topological polar surface area (TPSA) is 41.6 Å². The normalized spacial score (nSPS) is 16.6. The molecule has 1 aromatic carbocycles. The summed E-state index contributed by atoms with van der Waals surface area (Å²) in [4.78, 5) is 2.30. The number of nitrogens with zero attached hydrogens (tertiary/aromatic N) is 1. The number of anilines is 1. The molecule has 1 N–H and O–H groups in total. The number of hydrogen-bond donors (Lipinski definition) is 1. The van der Waals surface area contributed by atoms with E-state index in [2.05, 4.69) is 16.3 Å². The molecule has 1 fully saturated rings. The van der Waals surface area contributed by atoms with Gasteiger partial charge in [0.05, 0.1) is 6.61 Å². The van der Waals surface area contributed by atoms with Gasteiger partial charge in [-0.2, -0.15) is 0 Å².